The van der Waals surface area contributed by atoms with Gasteiger partial charge in [0.05, 0.1) is 16.8 Å². The van der Waals surface area contributed by atoms with E-state index in [2.05, 4.69) is 4.98 Å². The standard InChI is InChI=1S/C19H18F3NO4/c1-9-15(11(3)24)10(2)23-16(9)17(25)12(4)27-18(26)13-6-5-7-14(8-13)19(20,21)22/h5-8,12,23H,1-4H3/t12-/m0/s1. The lowest BCUT2D eigenvalue weighted by atomic mass is 10.0. The minimum atomic E-state index is -4.60. The van der Waals surface area contributed by atoms with Gasteiger partial charge in [-0.2, -0.15) is 13.2 Å². The molecule has 0 unspecified atom stereocenters. The zero-order valence-electron chi connectivity index (χ0n) is 15.2. The number of aromatic amines is 1. The van der Waals surface area contributed by atoms with E-state index in [0.29, 0.717) is 22.9 Å². The molecule has 0 radical (unpaired) electrons. The van der Waals surface area contributed by atoms with Gasteiger partial charge in [0.2, 0.25) is 5.78 Å². The van der Waals surface area contributed by atoms with Crippen LogP contribution in [0.3, 0.4) is 0 Å². The van der Waals surface area contributed by atoms with Crippen LogP contribution in [0, 0.1) is 13.8 Å². The van der Waals surface area contributed by atoms with Crippen LogP contribution in [0.2, 0.25) is 0 Å². The number of halogens is 3. The van der Waals surface area contributed by atoms with E-state index >= 15 is 0 Å². The van der Waals surface area contributed by atoms with Crippen LogP contribution in [-0.4, -0.2) is 28.6 Å². The third kappa shape index (κ3) is 4.27. The van der Waals surface area contributed by atoms with Gasteiger partial charge < -0.3 is 9.72 Å². The number of hydrogen-bond donors (Lipinski definition) is 1. The largest absolute Gasteiger partial charge is 0.451 e. The van der Waals surface area contributed by atoms with Crippen molar-refractivity contribution in [2.45, 2.75) is 40.0 Å². The zero-order valence-corrected chi connectivity index (χ0v) is 15.2. The Morgan fingerprint density at radius 2 is 1.78 bits per heavy atom. The monoisotopic (exact) mass is 381 g/mol. The van der Waals surface area contributed by atoms with Crippen molar-refractivity contribution in [3.8, 4) is 0 Å². The summed E-state index contributed by atoms with van der Waals surface area (Å²) in [5, 5.41) is 0. The summed E-state index contributed by atoms with van der Waals surface area (Å²) in [6.07, 6.45) is -5.84. The summed E-state index contributed by atoms with van der Waals surface area (Å²) in [7, 11) is 0. The van der Waals surface area contributed by atoms with Crippen molar-refractivity contribution in [3.05, 3.63) is 57.9 Å². The lowest BCUT2D eigenvalue weighted by molar-refractivity contribution is -0.137. The Kier molecular flexibility index (Phi) is 5.58. The lowest BCUT2D eigenvalue weighted by Crippen LogP contribution is -2.25. The number of H-pyrrole nitrogens is 1. The van der Waals surface area contributed by atoms with Crippen molar-refractivity contribution in [3.63, 3.8) is 0 Å². The van der Waals surface area contributed by atoms with E-state index in [1.807, 2.05) is 0 Å². The van der Waals surface area contributed by atoms with Gasteiger partial charge in [-0.05, 0) is 51.5 Å². The van der Waals surface area contributed by atoms with Gasteiger partial charge in [0.15, 0.2) is 11.9 Å². The van der Waals surface area contributed by atoms with Gasteiger partial charge in [0, 0.05) is 11.3 Å². The highest BCUT2D eigenvalue weighted by atomic mass is 19.4. The van der Waals surface area contributed by atoms with Gasteiger partial charge in [-0.3, -0.25) is 9.59 Å². The minimum Gasteiger partial charge on any atom is -0.451 e. The first-order valence-electron chi connectivity index (χ1n) is 8.06. The first-order valence-corrected chi connectivity index (χ1v) is 8.06. The smallest absolute Gasteiger partial charge is 0.416 e. The van der Waals surface area contributed by atoms with Crippen LogP contribution in [0.4, 0.5) is 13.2 Å². The Bertz CT molecular complexity index is 912. The predicted octanol–water partition coefficient (Wildman–Crippen LogP) is 4.28. The number of Topliss-reactive ketones (excluding diaryl/α,β-unsaturated/α-hetero) is 2. The van der Waals surface area contributed by atoms with Crippen molar-refractivity contribution >= 4 is 17.5 Å². The number of ether oxygens (including phenoxy) is 1. The first kappa shape index (κ1) is 20.4. The average molecular weight is 381 g/mol. The molecule has 0 fully saturated rings. The molecule has 1 aromatic carbocycles. The van der Waals surface area contributed by atoms with Crippen LogP contribution < -0.4 is 0 Å². The minimum absolute atomic E-state index is 0.127. The summed E-state index contributed by atoms with van der Waals surface area (Å²) < 4.78 is 43.3. The molecular weight excluding hydrogens is 363 g/mol. The van der Waals surface area contributed by atoms with Crippen LogP contribution in [0.15, 0.2) is 24.3 Å². The fourth-order valence-electron chi connectivity index (χ4n) is 2.83. The summed E-state index contributed by atoms with van der Waals surface area (Å²) >= 11 is 0. The highest BCUT2D eigenvalue weighted by Gasteiger charge is 2.32. The molecule has 1 N–H and O–H groups in total. The molecule has 5 nitrogen and oxygen atoms in total. The molecule has 144 valence electrons. The maximum Gasteiger partial charge on any atom is 0.416 e. The fourth-order valence-corrected chi connectivity index (χ4v) is 2.83. The van der Waals surface area contributed by atoms with Gasteiger partial charge >= 0.3 is 12.1 Å². The van der Waals surface area contributed by atoms with Crippen molar-refractivity contribution in [1.82, 2.24) is 4.98 Å². The number of hydrogen-bond acceptors (Lipinski definition) is 4. The molecule has 8 heteroatoms. The summed E-state index contributed by atoms with van der Waals surface area (Å²) in [5.74, 6) is -1.84. The van der Waals surface area contributed by atoms with Crippen LogP contribution >= 0.6 is 0 Å². The van der Waals surface area contributed by atoms with Crippen molar-refractivity contribution in [2.75, 3.05) is 0 Å². The van der Waals surface area contributed by atoms with Gasteiger partial charge in [0.1, 0.15) is 0 Å². The Labute approximate surface area is 153 Å². The summed E-state index contributed by atoms with van der Waals surface area (Å²) in [4.78, 5) is 39.1. The zero-order chi connectivity index (χ0) is 20.5. The molecule has 0 saturated heterocycles. The Morgan fingerprint density at radius 3 is 2.30 bits per heavy atom. The summed E-state index contributed by atoms with van der Waals surface area (Å²) in [5.41, 5.74) is 0.162. The number of ketones is 2. The summed E-state index contributed by atoms with van der Waals surface area (Å²) in [6, 6.07) is 3.76. The number of rotatable bonds is 5. The first-order chi connectivity index (χ1) is 12.4. The molecule has 0 aliphatic carbocycles. The quantitative estimate of drug-likeness (QED) is 0.620. The van der Waals surface area contributed by atoms with Gasteiger partial charge in [-0.15, -0.1) is 0 Å². The third-order valence-electron chi connectivity index (χ3n) is 4.11. The number of alkyl halides is 3. The molecule has 0 spiro atoms. The molecule has 1 aromatic heterocycles. The SMILES string of the molecule is CC(=O)c1c(C)[nH]c(C(=O)[C@H](C)OC(=O)c2cccc(C(F)(F)F)c2)c1C. The molecular formula is C19H18F3NO4. The molecule has 1 heterocycles. The highest BCUT2D eigenvalue weighted by molar-refractivity contribution is 6.05. The van der Waals surface area contributed by atoms with Gasteiger partial charge in [0.25, 0.3) is 0 Å². The maximum absolute atomic E-state index is 12.8. The van der Waals surface area contributed by atoms with E-state index in [0.717, 1.165) is 12.1 Å². The van der Waals surface area contributed by atoms with E-state index in [1.165, 1.54) is 19.9 Å². The summed E-state index contributed by atoms with van der Waals surface area (Å²) in [6.45, 7) is 5.92. The normalized spacial score (nSPS) is 12.6. The molecule has 0 saturated carbocycles. The van der Waals surface area contributed by atoms with Gasteiger partial charge in [-0.1, -0.05) is 6.07 Å². The molecule has 0 aliphatic rings. The van der Waals surface area contributed by atoms with Crippen LogP contribution in [0.1, 0.15) is 61.9 Å². The van der Waals surface area contributed by atoms with Crippen LogP contribution in [0.25, 0.3) is 0 Å². The van der Waals surface area contributed by atoms with E-state index in [4.69, 9.17) is 4.74 Å². The predicted molar refractivity (Wildman–Crippen MR) is 90.9 cm³/mol. The Hall–Kier alpha value is -2.90. The second-order valence-corrected chi connectivity index (χ2v) is 6.17. The molecule has 0 bridgehead atoms. The molecule has 0 aliphatic heterocycles. The number of benzene rings is 1. The topological polar surface area (TPSA) is 76.2 Å². The number of carbonyl (C=O) groups excluding carboxylic acids is 3. The van der Waals surface area contributed by atoms with Crippen LogP contribution in [0.5, 0.6) is 0 Å². The molecule has 1 atom stereocenters. The molecule has 2 aromatic rings. The number of aromatic nitrogens is 1. The van der Waals surface area contributed by atoms with Crippen molar-refractivity contribution in [1.29, 1.82) is 0 Å². The molecule has 27 heavy (non-hydrogen) atoms. The second-order valence-electron chi connectivity index (χ2n) is 6.17. The number of esters is 1. The lowest BCUT2D eigenvalue weighted by Gasteiger charge is -2.13. The van der Waals surface area contributed by atoms with Crippen molar-refractivity contribution in [2.24, 2.45) is 0 Å². The van der Waals surface area contributed by atoms with E-state index in [9.17, 15) is 27.6 Å². The number of carbonyl (C=O) groups is 3. The third-order valence-corrected chi connectivity index (χ3v) is 4.11. The van der Waals surface area contributed by atoms with E-state index in [1.54, 1.807) is 13.8 Å². The van der Waals surface area contributed by atoms with E-state index < -0.39 is 29.6 Å². The van der Waals surface area contributed by atoms with Gasteiger partial charge in [-0.25, -0.2) is 4.79 Å². The fraction of sp³-hybridized carbons (Fsp3) is 0.316. The number of nitrogens with one attached hydrogen (secondary N) is 1. The highest BCUT2D eigenvalue weighted by Crippen LogP contribution is 2.29. The number of aryl methyl sites for hydroxylation is 1. The maximum atomic E-state index is 12.8. The van der Waals surface area contributed by atoms with Crippen LogP contribution in [-0.2, 0) is 10.9 Å². The van der Waals surface area contributed by atoms with Crippen molar-refractivity contribution < 1.29 is 32.3 Å². The molecule has 0 amide bonds. The van der Waals surface area contributed by atoms with E-state index in [-0.39, 0.29) is 17.0 Å². The Balaban J connectivity index is 2.21. The second kappa shape index (κ2) is 7.38. The Morgan fingerprint density at radius 1 is 1.15 bits per heavy atom. The molecule has 2 rings (SSSR count). The average Bonchev–Trinajstić information content (AvgIpc) is 2.87.